The maximum absolute atomic E-state index is 12.5. The van der Waals surface area contributed by atoms with Crippen LogP contribution in [0.25, 0.3) is 0 Å². The van der Waals surface area contributed by atoms with Crippen LogP contribution in [0, 0.1) is 0 Å². The summed E-state index contributed by atoms with van der Waals surface area (Å²) >= 11 is 1.49. The van der Waals surface area contributed by atoms with Gasteiger partial charge in [-0.3, -0.25) is 14.5 Å². The van der Waals surface area contributed by atoms with Crippen molar-refractivity contribution in [2.24, 2.45) is 7.05 Å². The summed E-state index contributed by atoms with van der Waals surface area (Å²) in [7, 11) is 1.78. The molecule has 1 saturated heterocycles. The molecule has 1 fully saturated rings. The summed E-state index contributed by atoms with van der Waals surface area (Å²) in [6, 6.07) is 0. The Hall–Kier alpha value is -1.68. The van der Waals surface area contributed by atoms with Gasteiger partial charge in [-0.2, -0.15) is 0 Å². The molecule has 0 saturated carbocycles. The third-order valence-electron chi connectivity index (χ3n) is 4.54. The van der Waals surface area contributed by atoms with Crippen molar-refractivity contribution in [2.75, 3.05) is 51.6 Å². The predicted molar refractivity (Wildman–Crippen MR) is 99.7 cm³/mol. The maximum atomic E-state index is 12.5. The van der Waals surface area contributed by atoms with Gasteiger partial charge in [0, 0.05) is 58.5 Å². The first-order valence-corrected chi connectivity index (χ1v) is 10.2. The number of tetrazole rings is 1. The van der Waals surface area contributed by atoms with Crippen LogP contribution < -0.4 is 0 Å². The molecule has 2 amide bonds. The number of aryl methyl sites for hydroxylation is 1. The van der Waals surface area contributed by atoms with Gasteiger partial charge in [-0.15, -0.1) is 5.10 Å². The van der Waals surface area contributed by atoms with Crippen LogP contribution in [0.15, 0.2) is 5.16 Å². The number of carbonyl (C=O) groups is 2. The summed E-state index contributed by atoms with van der Waals surface area (Å²) < 4.78 is 1.60. The van der Waals surface area contributed by atoms with Crippen molar-refractivity contribution in [1.29, 1.82) is 0 Å². The van der Waals surface area contributed by atoms with Gasteiger partial charge in [0.25, 0.3) is 0 Å². The van der Waals surface area contributed by atoms with Crippen LogP contribution in [0.5, 0.6) is 0 Å². The van der Waals surface area contributed by atoms with E-state index >= 15 is 0 Å². The standard InChI is InChI=1S/C16H29N7O2S/c1-4-22(5-2)15(25)13-21-8-6-9-23(11-10-21)14(24)7-12-26-16-17-18-19-20(16)3/h4-13H2,1-3H3. The van der Waals surface area contributed by atoms with Crippen LogP contribution in [0.4, 0.5) is 0 Å². The molecule has 2 rings (SSSR count). The number of carbonyl (C=O) groups excluding carboxylic acids is 2. The number of thioether (sulfide) groups is 1. The van der Waals surface area contributed by atoms with Crippen molar-refractivity contribution in [3.63, 3.8) is 0 Å². The molecular formula is C16H29N7O2S. The second kappa shape index (κ2) is 10.5. The van der Waals surface area contributed by atoms with Crippen molar-refractivity contribution in [3.05, 3.63) is 0 Å². The number of rotatable bonds is 8. The van der Waals surface area contributed by atoms with Crippen molar-refractivity contribution in [3.8, 4) is 0 Å². The highest BCUT2D eigenvalue weighted by atomic mass is 32.2. The first-order chi connectivity index (χ1) is 12.5. The van der Waals surface area contributed by atoms with Crippen molar-refractivity contribution in [2.45, 2.75) is 31.8 Å². The molecule has 0 spiro atoms. The fraction of sp³-hybridized carbons (Fsp3) is 0.812. The first kappa shape index (κ1) is 20.6. The Bertz CT molecular complexity index is 591. The van der Waals surface area contributed by atoms with E-state index < -0.39 is 0 Å². The average molecular weight is 384 g/mol. The van der Waals surface area contributed by atoms with Crippen molar-refractivity contribution in [1.82, 2.24) is 34.9 Å². The van der Waals surface area contributed by atoms with E-state index in [2.05, 4.69) is 20.4 Å². The molecule has 0 bridgehead atoms. The van der Waals surface area contributed by atoms with Crippen LogP contribution in [0.1, 0.15) is 26.7 Å². The lowest BCUT2D eigenvalue weighted by atomic mass is 10.3. The number of amides is 2. The Morgan fingerprint density at radius 2 is 1.92 bits per heavy atom. The first-order valence-electron chi connectivity index (χ1n) is 9.18. The highest BCUT2D eigenvalue weighted by molar-refractivity contribution is 7.99. The topological polar surface area (TPSA) is 87.5 Å². The van der Waals surface area contributed by atoms with Gasteiger partial charge in [-0.05, 0) is 30.7 Å². The third kappa shape index (κ3) is 5.94. The lowest BCUT2D eigenvalue weighted by Gasteiger charge is -2.25. The monoisotopic (exact) mass is 383 g/mol. The number of aromatic nitrogens is 4. The third-order valence-corrected chi connectivity index (χ3v) is 5.56. The molecular weight excluding hydrogens is 354 g/mol. The second-order valence-corrected chi connectivity index (χ2v) is 7.32. The summed E-state index contributed by atoms with van der Waals surface area (Å²) in [6.07, 6.45) is 1.37. The maximum Gasteiger partial charge on any atom is 0.236 e. The normalized spacial score (nSPS) is 15.7. The summed E-state index contributed by atoms with van der Waals surface area (Å²) in [5, 5.41) is 12.0. The minimum atomic E-state index is 0.157. The quantitative estimate of drug-likeness (QED) is 0.588. The number of hydrogen-bond donors (Lipinski definition) is 0. The van der Waals surface area contributed by atoms with Crippen LogP contribution >= 0.6 is 11.8 Å². The van der Waals surface area contributed by atoms with Gasteiger partial charge in [0.2, 0.25) is 17.0 Å². The van der Waals surface area contributed by atoms with E-state index in [4.69, 9.17) is 0 Å². The summed E-state index contributed by atoms with van der Waals surface area (Å²) in [5.41, 5.74) is 0. The second-order valence-electron chi connectivity index (χ2n) is 6.26. The van der Waals surface area contributed by atoms with Gasteiger partial charge in [0.1, 0.15) is 0 Å². The van der Waals surface area contributed by atoms with Crippen molar-refractivity contribution < 1.29 is 9.59 Å². The number of likely N-dealkylation sites (N-methyl/N-ethyl adjacent to an activating group) is 1. The Labute approximate surface area is 159 Å². The molecule has 26 heavy (non-hydrogen) atoms. The largest absolute Gasteiger partial charge is 0.342 e. The Morgan fingerprint density at radius 3 is 2.58 bits per heavy atom. The van der Waals surface area contributed by atoms with E-state index in [1.165, 1.54) is 11.8 Å². The summed E-state index contributed by atoms with van der Waals surface area (Å²) in [4.78, 5) is 30.6. The minimum absolute atomic E-state index is 0.157. The minimum Gasteiger partial charge on any atom is -0.342 e. The number of nitrogens with zero attached hydrogens (tertiary/aromatic N) is 7. The van der Waals surface area contributed by atoms with E-state index in [1.807, 2.05) is 23.6 Å². The summed E-state index contributed by atoms with van der Waals surface area (Å²) in [6.45, 7) is 8.97. The van der Waals surface area contributed by atoms with Gasteiger partial charge < -0.3 is 9.80 Å². The zero-order valence-corrected chi connectivity index (χ0v) is 16.7. The lowest BCUT2D eigenvalue weighted by Crippen LogP contribution is -2.42. The smallest absolute Gasteiger partial charge is 0.236 e. The zero-order chi connectivity index (χ0) is 18.9. The Morgan fingerprint density at radius 1 is 1.15 bits per heavy atom. The predicted octanol–water partition coefficient (Wildman–Crippen LogP) is 0.0950. The van der Waals surface area contributed by atoms with E-state index in [1.54, 1.807) is 11.7 Å². The van der Waals surface area contributed by atoms with Gasteiger partial charge in [-0.1, -0.05) is 11.8 Å². The van der Waals surface area contributed by atoms with E-state index in [9.17, 15) is 9.59 Å². The molecule has 146 valence electrons. The molecule has 0 N–H and O–H groups in total. The molecule has 0 radical (unpaired) electrons. The van der Waals surface area contributed by atoms with Crippen molar-refractivity contribution >= 4 is 23.6 Å². The molecule has 1 aromatic heterocycles. The molecule has 1 aliphatic rings. The van der Waals surface area contributed by atoms with E-state index in [-0.39, 0.29) is 11.8 Å². The molecule has 1 aliphatic heterocycles. The van der Waals surface area contributed by atoms with E-state index in [0.717, 1.165) is 44.3 Å². The molecule has 0 unspecified atom stereocenters. The molecule has 1 aromatic rings. The molecule has 10 heteroatoms. The van der Waals surface area contributed by atoms with Gasteiger partial charge >= 0.3 is 0 Å². The van der Waals surface area contributed by atoms with Gasteiger partial charge in [-0.25, -0.2) is 4.68 Å². The fourth-order valence-electron chi connectivity index (χ4n) is 2.98. The fourth-order valence-corrected chi connectivity index (χ4v) is 3.75. The molecule has 9 nitrogen and oxygen atoms in total. The molecule has 0 atom stereocenters. The van der Waals surface area contributed by atoms with Gasteiger partial charge in [0.15, 0.2) is 0 Å². The SMILES string of the molecule is CCN(CC)C(=O)CN1CCCN(C(=O)CCSc2nnnn2C)CC1. The number of hydrogen-bond acceptors (Lipinski definition) is 7. The zero-order valence-electron chi connectivity index (χ0n) is 15.9. The van der Waals surface area contributed by atoms with E-state index in [0.29, 0.717) is 25.3 Å². The van der Waals surface area contributed by atoms with Crippen LogP contribution in [0.2, 0.25) is 0 Å². The lowest BCUT2D eigenvalue weighted by molar-refractivity contribution is -0.132. The van der Waals surface area contributed by atoms with Crippen LogP contribution in [-0.4, -0.2) is 98.3 Å². The Kier molecular flexibility index (Phi) is 8.30. The average Bonchev–Trinajstić information content (AvgIpc) is 2.89. The summed E-state index contributed by atoms with van der Waals surface area (Å²) in [5.74, 6) is 0.987. The van der Waals surface area contributed by atoms with Crippen LogP contribution in [-0.2, 0) is 16.6 Å². The van der Waals surface area contributed by atoms with Gasteiger partial charge in [0.05, 0.1) is 6.54 Å². The highest BCUT2D eigenvalue weighted by Crippen LogP contribution is 2.14. The molecule has 0 aromatic carbocycles. The highest BCUT2D eigenvalue weighted by Gasteiger charge is 2.21. The molecule has 0 aliphatic carbocycles. The Balaban J connectivity index is 1.74. The molecule has 2 heterocycles. The van der Waals surface area contributed by atoms with Crippen LogP contribution in [0.3, 0.4) is 0 Å².